The van der Waals surface area contributed by atoms with Crippen molar-refractivity contribution in [3.63, 3.8) is 0 Å². The number of ketones is 1. The number of nitrogen functional groups attached to an aromatic ring is 1. The van der Waals surface area contributed by atoms with Gasteiger partial charge < -0.3 is 25.1 Å². The Morgan fingerprint density at radius 3 is 2.32 bits per heavy atom. The van der Waals surface area contributed by atoms with Gasteiger partial charge in [-0.25, -0.2) is 9.48 Å². The Hall–Kier alpha value is -3.76. The Morgan fingerprint density at radius 1 is 1.10 bits per heavy atom. The van der Waals surface area contributed by atoms with Gasteiger partial charge in [-0.15, -0.1) is 5.10 Å². The van der Waals surface area contributed by atoms with Gasteiger partial charge in [0.2, 0.25) is 5.78 Å². The van der Waals surface area contributed by atoms with Crippen molar-refractivity contribution in [3.8, 4) is 5.75 Å². The molecule has 2 aromatic carbocycles. The number of anilines is 1. The molecule has 0 unspecified atom stereocenters. The highest BCUT2D eigenvalue weighted by Crippen LogP contribution is 2.25. The number of nitrogens with two attached hydrogens (primary N) is 1. The molecule has 0 saturated heterocycles. The molecule has 10 heteroatoms. The summed E-state index contributed by atoms with van der Waals surface area (Å²) in [6, 6.07) is 11.7. The van der Waals surface area contributed by atoms with Gasteiger partial charge in [0.05, 0.1) is 13.7 Å². The predicted molar refractivity (Wildman–Crippen MR) is 110 cm³/mol. The van der Waals surface area contributed by atoms with Gasteiger partial charge in [0.25, 0.3) is 0 Å². The van der Waals surface area contributed by atoms with E-state index in [9.17, 15) is 14.7 Å². The number of benzene rings is 2. The third kappa shape index (κ3) is 4.55. The number of rotatable bonds is 9. The van der Waals surface area contributed by atoms with Crippen LogP contribution in [-0.4, -0.2) is 53.2 Å². The number of carbonyl (C=O) groups excluding carboxylic acids is 1. The number of carboxylic acid groups (broad SMARTS) is 1. The minimum atomic E-state index is -1.32. The summed E-state index contributed by atoms with van der Waals surface area (Å²) >= 11 is 0. The Kier molecular flexibility index (Phi) is 6.63. The largest absolute Gasteiger partial charge is 0.497 e. The molecule has 1 aromatic heterocycles. The van der Waals surface area contributed by atoms with E-state index in [1.165, 1.54) is 26.4 Å². The van der Waals surface area contributed by atoms with Gasteiger partial charge in [0.1, 0.15) is 5.75 Å². The number of aromatic carboxylic acids is 1. The van der Waals surface area contributed by atoms with Gasteiger partial charge in [-0.2, -0.15) is 0 Å². The summed E-state index contributed by atoms with van der Waals surface area (Å²) in [5, 5.41) is 17.4. The van der Waals surface area contributed by atoms with Crippen LogP contribution in [0.2, 0.25) is 0 Å². The third-order valence-corrected chi connectivity index (χ3v) is 4.66. The first-order valence-corrected chi connectivity index (χ1v) is 9.19. The van der Waals surface area contributed by atoms with E-state index < -0.39 is 18.0 Å². The fourth-order valence-electron chi connectivity index (χ4n) is 3.12. The number of nitrogens with zero attached hydrogens (tertiary/aromatic N) is 3. The van der Waals surface area contributed by atoms with Crippen molar-refractivity contribution in [1.29, 1.82) is 0 Å². The van der Waals surface area contributed by atoms with Gasteiger partial charge in [0, 0.05) is 31.0 Å². The van der Waals surface area contributed by atoms with Crippen LogP contribution >= 0.6 is 0 Å². The molecule has 0 aliphatic rings. The first kappa shape index (κ1) is 21.9. The Morgan fingerprint density at radius 2 is 1.77 bits per heavy atom. The molecule has 0 atom stereocenters. The van der Waals surface area contributed by atoms with Crippen molar-refractivity contribution in [1.82, 2.24) is 15.0 Å². The van der Waals surface area contributed by atoms with E-state index in [2.05, 4.69) is 10.3 Å². The SMILES string of the molecule is COc1ccc(Cn2nnc(C(=O)c3ccc(C(OC)OC)cc3N)c2C(=O)O)cc1. The van der Waals surface area contributed by atoms with Crippen LogP contribution in [0.5, 0.6) is 5.75 Å². The van der Waals surface area contributed by atoms with E-state index in [4.69, 9.17) is 19.9 Å². The van der Waals surface area contributed by atoms with Crippen molar-refractivity contribution >= 4 is 17.4 Å². The first-order chi connectivity index (χ1) is 14.9. The fraction of sp³-hybridized carbons (Fsp3) is 0.238. The van der Waals surface area contributed by atoms with Crippen LogP contribution in [-0.2, 0) is 16.0 Å². The second kappa shape index (κ2) is 9.37. The molecule has 10 nitrogen and oxygen atoms in total. The molecule has 3 N–H and O–H groups in total. The summed E-state index contributed by atoms with van der Waals surface area (Å²) < 4.78 is 16.6. The molecule has 3 rings (SSSR count). The number of methoxy groups -OCH3 is 3. The quantitative estimate of drug-likeness (QED) is 0.299. The number of aromatic nitrogens is 3. The number of hydrogen-bond acceptors (Lipinski definition) is 8. The molecule has 0 amide bonds. The molecule has 0 fully saturated rings. The van der Waals surface area contributed by atoms with Gasteiger partial charge in [0.15, 0.2) is 17.7 Å². The van der Waals surface area contributed by atoms with Crippen LogP contribution in [0.25, 0.3) is 0 Å². The molecular formula is C21H22N4O6. The molecule has 0 aliphatic carbocycles. The van der Waals surface area contributed by atoms with Crippen LogP contribution in [0.15, 0.2) is 42.5 Å². The molecule has 3 aromatic rings. The van der Waals surface area contributed by atoms with E-state index >= 15 is 0 Å². The molecule has 0 spiro atoms. The Balaban J connectivity index is 1.93. The Labute approximate surface area is 178 Å². The summed E-state index contributed by atoms with van der Waals surface area (Å²) in [7, 11) is 4.50. The summed E-state index contributed by atoms with van der Waals surface area (Å²) in [5.74, 6) is -1.30. The smallest absolute Gasteiger partial charge is 0.356 e. The van der Waals surface area contributed by atoms with Crippen molar-refractivity contribution in [3.05, 3.63) is 70.5 Å². The van der Waals surface area contributed by atoms with Gasteiger partial charge >= 0.3 is 5.97 Å². The van der Waals surface area contributed by atoms with Gasteiger partial charge in [-0.1, -0.05) is 23.4 Å². The zero-order valence-electron chi connectivity index (χ0n) is 17.2. The minimum Gasteiger partial charge on any atom is -0.497 e. The highest BCUT2D eigenvalue weighted by atomic mass is 16.7. The fourth-order valence-corrected chi connectivity index (χ4v) is 3.12. The number of ether oxygens (including phenoxy) is 3. The lowest BCUT2D eigenvalue weighted by molar-refractivity contribution is -0.105. The standard InChI is InChI=1S/C21H22N4O6/c1-29-14-7-4-12(5-8-14)11-25-18(20(27)28)17(23-24-25)19(26)15-9-6-13(10-16(15)22)21(30-2)31-3/h4-10,21H,11,22H2,1-3H3,(H,27,28). The minimum absolute atomic E-state index is 0.105. The molecular weight excluding hydrogens is 404 g/mol. The molecule has 0 radical (unpaired) electrons. The average molecular weight is 426 g/mol. The highest BCUT2D eigenvalue weighted by Gasteiger charge is 2.27. The average Bonchev–Trinajstić information content (AvgIpc) is 3.18. The summed E-state index contributed by atoms with van der Waals surface area (Å²) in [6.07, 6.45) is -0.647. The zero-order chi connectivity index (χ0) is 22.5. The van der Waals surface area contributed by atoms with Gasteiger partial charge in [-0.3, -0.25) is 4.79 Å². The van der Waals surface area contributed by atoms with E-state index in [1.54, 1.807) is 37.4 Å². The lowest BCUT2D eigenvalue weighted by Crippen LogP contribution is -2.16. The Bertz CT molecular complexity index is 1090. The molecule has 0 saturated carbocycles. The van der Waals surface area contributed by atoms with Crippen LogP contribution in [0, 0.1) is 0 Å². The van der Waals surface area contributed by atoms with Crippen LogP contribution in [0.3, 0.4) is 0 Å². The molecule has 31 heavy (non-hydrogen) atoms. The lowest BCUT2D eigenvalue weighted by atomic mass is 10.0. The molecule has 0 aliphatic heterocycles. The van der Waals surface area contributed by atoms with Crippen LogP contribution in [0.4, 0.5) is 5.69 Å². The van der Waals surface area contributed by atoms with E-state index in [0.717, 1.165) is 10.2 Å². The lowest BCUT2D eigenvalue weighted by Gasteiger charge is -2.15. The summed E-state index contributed by atoms with van der Waals surface area (Å²) in [6.45, 7) is 0.115. The van der Waals surface area contributed by atoms with E-state index in [0.29, 0.717) is 11.3 Å². The maximum absolute atomic E-state index is 13.0. The molecule has 1 heterocycles. The van der Waals surface area contributed by atoms with E-state index in [-0.39, 0.29) is 29.2 Å². The highest BCUT2D eigenvalue weighted by molar-refractivity contribution is 6.14. The zero-order valence-corrected chi connectivity index (χ0v) is 17.2. The van der Waals surface area contributed by atoms with Crippen molar-refractivity contribution in [2.45, 2.75) is 12.8 Å². The second-order valence-electron chi connectivity index (χ2n) is 6.58. The second-order valence-corrected chi connectivity index (χ2v) is 6.58. The maximum Gasteiger partial charge on any atom is 0.356 e. The van der Waals surface area contributed by atoms with Gasteiger partial charge in [-0.05, 0) is 29.8 Å². The number of carboxylic acids is 1. The van der Waals surface area contributed by atoms with Crippen LogP contribution in [0.1, 0.15) is 44.0 Å². The molecule has 162 valence electrons. The monoisotopic (exact) mass is 426 g/mol. The van der Waals surface area contributed by atoms with E-state index in [1.807, 2.05) is 0 Å². The number of hydrogen-bond donors (Lipinski definition) is 2. The third-order valence-electron chi connectivity index (χ3n) is 4.66. The number of carbonyl (C=O) groups is 2. The first-order valence-electron chi connectivity index (χ1n) is 9.19. The summed E-state index contributed by atoms with van der Waals surface area (Å²) in [4.78, 5) is 24.9. The van der Waals surface area contributed by atoms with Crippen molar-refractivity contribution in [2.24, 2.45) is 0 Å². The normalized spacial score (nSPS) is 11.0. The maximum atomic E-state index is 13.0. The van der Waals surface area contributed by atoms with Crippen molar-refractivity contribution in [2.75, 3.05) is 27.1 Å². The van der Waals surface area contributed by atoms with Crippen LogP contribution < -0.4 is 10.5 Å². The topological polar surface area (TPSA) is 139 Å². The molecule has 0 bridgehead atoms. The van der Waals surface area contributed by atoms with Crippen molar-refractivity contribution < 1.29 is 28.9 Å². The predicted octanol–water partition coefficient (Wildman–Crippen LogP) is 2.14. The summed E-state index contributed by atoms with van der Waals surface area (Å²) in [5.41, 5.74) is 7.05.